The number of hydrogen-bond acceptors (Lipinski definition) is 2. The van der Waals surface area contributed by atoms with Crippen LogP contribution >= 0.6 is 0 Å². The molecule has 110 valence electrons. The van der Waals surface area contributed by atoms with Gasteiger partial charge in [0.15, 0.2) is 0 Å². The van der Waals surface area contributed by atoms with Gasteiger partial charge in [0.2, 0.25) is 0 Å². The summed E-state index contributed by atoms with van der Waals surface area (Å²) >= 11 is 0. The monoisotopic (exact) mass is 273 g/mol. The van der Waals surface area contributed by atoms with Crippen molar-refractivity contribution in [2.75, 3.05) is 13.2 Å². The molecule has 0 aliphatic heterocycles. The zero-order valence-electron chi connectivity index (χ0n) is 12.8. The van der Waals surface area contributed by atoms with E-state index in [0.29, 0.717) is 5.92 Å². The summed E-state index contributed by atoms with van der Waals surface area (Å²) in [4.78, 5) is 0. The molecule has 1 aromatic carbocycles. The van der Waals surface area contributed by atoms with E-state index in [1.165, 1.54) is 31.2 Å². The number of hydrogen-bond donors (Lipinski definition) is 1. The predicted molar refractivity (Wildman–Crippen MR) is 83.3 cm³/mol. The first kappa shape index (κ1) is 13.9. The molecule has 2 nitrogen and oxygen atoms in total. The molecule has 0 radical (unpaired) electrons. The molecule has 2 fully saturated rings. The van der Waals surface area contributed by atoms with Gasteiger partial charge in [-0.3, -0.25) is 0 Å². The first-order valence-corrected chi connectivity index (χ1v) is 8.20. The third-order valence-electron chi connectivity index (χ3n) is 4.56. The van der Waals surface area contributed by atoms with E-state index in [0.717, 1.165) is 36.8 Å². The second kappa shape index (κ2) is 6.17. The Kier molecular flexibility index (Phi) is 4.30. The molecule has 0 saturated heterocycles. The Labute approximate surface area is 122 Å². The molecule has 1 N–H and O–H groups in total. The lowest BCUT2D eigenvalue weighted by Crippen LogP contribution is -2.36. The van der Waals surface area contributed by atoms with Crippen LogP contribution in [0.1, 0.15) is 51.0 Å². The zero-order valence-corrected chi connectivity index (χ0v) is 12.8. The minimum atomic E-state index is 0.587. The topological polar surface area (TPSA) is 21.3 Å². The van der Waals surface area contributed by atoms with Crippen LogP contribution in [0.4, 0.5) is 0 Å². The van der Waals surface area contributed by atoms with Crippen LogP contribution in [-0.2, 0) is 0 Å². The summed E-state index contributed by atoms with van der Waals surface area (Å²) in [5.74, 6) is 3.51. The molecule has 0 unspecified atom stereocenters. The Bertz CT molecular complexity index is 406. The van der Waals surface area contributed by atoms with Gasteiger partial charge in [-0.15, -0.1) is 0 Å². The van der Waals surface area contributed by atoms with Crippen molar-refractivity contribution >= 4 is 0 Å². The van der Waals surface area contributed by atoms with Crippen molar-refractivity contribution in [3.8, 4) is 5.75 Å². The lowest BCUT2D eigenvalue weighted by atomic mass is 10.0. The maximum Gasteiger partial charge on any atom is 0.119 e. The fourth-order valence-electron chi connectivity index (χ4n) is 2.97. The molecule has 0 aromatic heterocycles. The molecule has 0 bridgehead atoms. The normalized spacial score (nSPS) is 18.8. The summed E-state index contributed by atoms with van der Waals surface area (Å²) in [5, 5.41) is 3.72. The highest BCUT2D eigenvalue weighted by Crippen LogP contribution is 2.44. The highest BCUT2D eigenvalue weighted by atomic mass is 16.5. The van der Waals surface area contributed by atoms with E-state index in [4.69, 9.17) is 4.74 Å². The maximum absolute atomic E-state index is 5.83. The molecule has 2 aliphatic carbocycles. The maximum atomic E-state index is 5.83. The number of ether oxygens (including phenoxy) is 1. The van der Waals surface area contributed by atoms with E-state index in [9.17, 15) is 0 Å². The lowest BCUT2D eigenvalue weighted by Gasteiger charge is -2.17. The van der Waals surface area contributed by atoms with Crippen molar-refractivity contribution in [3.05, 3.63) is 29.8 Å². The minimum absolute atomic E-state index is 0.587. The largest absolute Gasteiger partial charge is 0.492 e. The Morgan fingerprint density at radius 2 is 1.65 bits per heavy atom. The van der Waals surface area contributed by atoms with Crippen molar-refractivity contribution < 1.29 is 4.74 Å². The highest BCUT2D eigenvalue weighted by Gasteiger charge is 2.40. The first-order chi connectivity index (χ1) is 9.74. The second-order valence-corrected chi connectivity index (χ2v) is 6.73. The van der Waals surface area contributed by atoms with Gasteiger partial charge in [-0.1, -0.05) is 26.0 Å². The van der Waals surface area contributed by atoms with Crippen LogP contribution in [0.5, 0.6) is 5.75 Å². The fourth-order valence-corrected chi connectivity index (χ4v) is 2.97. The van der Waals surface area contributed by atoms with E-state index in [1.807, 2.05) is 0 Å². The van der Waals surface area contributed by atoms with Crippen LogP contribution in [0, 0.1) is 11.8 Å². The van der Waals surface area contributed by atoms with Crippen LogP contribution < -0.4 is 10.1 Å². The van der Waals surface area contributed by atoms with Gasteiger partial charge >= 0.3 is 0 Å². The van der Waals surface area contributed by atoms with Crippen molar-refractivity contribution in [1.29, 1.82) is 0 Å². The summed E-state index contributed by atoms with van der Waals surface area (Å²) < 4.78 is 5.83. The molecule has 0 atom stereocenters. The summed E-state index contributed by atoms with van der Waals surface area (Å²) in [6.45, 7) is 6.19. The third kappa shape index (κ3) is 3.76. The Balaban J connectivity index is 1.38. The van der Waals surface area contributed by atoms with Crippen molar-refractivity contribution in [3.63, 3.8) is 0 Å². The van der Waals surface area contributed by atoms with Crippen LogP contribution in [0.15, 0.2) is 24.3 Å². The van der Waals surface area contributed by atoms with E-state index in [-0.39, 0.29) is 0 Å². The minimum Gasteiger partial charge on any atom is -0.492 e. The van der Waals surface area contributed by atoms with Crippen LogP contribution in [0.2, 0.25) is 0 Å². The van der Waals surface area contributed by atoms with Gasteiger partial charge in [0.05, 0.1) is 0 Å². The molecule has 3 rings (SSSR count). The van der Waals surface area contributed by atoms with Gasteiger partial charge in [0.25, 0.3) is 0 Å². The molecule has 1 aromatic rings. The smallest absolute Gasteiger partial charge is 0.119 e. The third-order valence-corrected chi connectivity index (χ3v) is 4.56. The van der Waals surface area contributed by atoms with E-state index < -0.39 is 0 Å². The van der Waals surface area contributed by atoms with Crippen LogP contribution in [-0.4, -0.2) is 19.2 Å². The average molecular weight is 273 g/mol. The predicted octanol–water partition coefficient (Wildman–Crippen LogP) is 3.97. The molecule has 2 aliphatic rings. The quantitative estimate of drug-likeness (QED) is 0.724. The fraction of sp³-hybridized carbons (Fsp3) is 0.667. The van der Waals surface area contributed by atoms with Gasteiger partial charge in [-0.05, 0) is 61.1 Å². The zero-order chi connectivity index (χ0) is 13.9. The summed E-state index contributed by atoms with van der Waals surface area (Å²) in [6.07, 6.45) is 5.74. The van der Waals surface area contributed by atoms with Crippen molar-refractivity contribution in [2.45, 2.75) is 51.5 Å². The Morgan fingerprint density at radius 1 is 1.05 bits per heavy atom. The molecule has 20 heavy (non-hydrogen) atoms. The lowest BCUT2D eigenvalue weighted by molar-refractivity contribution is 0.293. The van der Waals surface area contributed by atoms with Gasteiger partial charge in [0.1, 0.15) is 12.4 Å². The van der Waals surface area contributed by atoms with Gasteiger partial charge in [-0.2, -0.15) is 0 Å². The Hall–Kier alpha value is -1.02. The molecule has 0 heterocycles. The molecule has 2 saturated carbocycles. The second-order valence-electron chi connectivity index (χ2n) is 6.73. The van der Waals surface area contributed by atoms with Gasteiger partial charge in [0, 0.05) is 12.6 Å². The number of rotatable bonds is 8. The Morgan fingerprint density at radius 3 is 2.15 bits per heavy atom. The molecular weight excluding hydrogens is 246 g/mol. The van der Waals surface area contributed by atoms with Gasteiger partial charge < -0.3 is 10.1 Å². The molecule has 0 spiro atoms. The highest BCUT2D eigenvalue weighted by molar-refractivity contribution is 5.28. The van der Waals surface area contributed by atoms with Crippen LogP contribution in [0.3, 0.4) is 0 Å². The number of nitrogens with one attached hydrogen (secondary N) is 1. The van der Waals surface area contributed by atoms with Crippen molar-refractivity contribution in [2.24, 2.45) is 11.8 Å². The van der Waals surface area contributed by atoms with E-state index >= 15 is 0 Å². The standard InChI is InChI=1S/C18H27NO/c1-13(2)14-7-9-17(10-8-14)20-12-11-19-18(15-3-4-15)16-5-6-16/h7-10,13,15-16,18-19H,3-6,11-12H2,1-2H3. The summed E-state index contributed by atoms with van der Waals surface area (Å²) in [7, 11) is 0. The average Bonchev–Trinajstić information content (AvgIpc) is 3.32. The van der Waals surface area contributed by atoms with E-state index in [1.54, 1.807) is 0 Å². The first-order valence-electron chi connectivity index (χ1n) is 8.20. The summed E-state index contributed by atoms with van der Waals surface area (Å²) in [5.41, 5.74) is 1.37. The summed E-state index contributed by atoms with van der Waals surface area (Å²) in [6, 6.07) is 9.31. The van der Waals surface area contributed by atoms with E-state index in [2.05, 4.69) is 43.4 Å². The molecule has 0 amide bonds. The molecular formula is C18H27NO. The molecule has 2 heteroatoms. The van der Waals surface area contributed by atoms with Crippen molar-refractivity contribution in [1.82, 2.24) is 5.32 Å². The number of benzene rings is 1. The SMILES string of the molecule is CC(C)c1ccc(OCCNC(C2CC2)C2CC2)cc1. The van der Waals surface area contributed by atoms with Crippen LogP contribution in [0.25, 0.3) is 0 Å². The van der Waals surface area contributed by atoms with Gasteiger partial charge in [-0.25, -0.2) is 0 Å².